The molecule has 1 heterocycles. The van der Waals surface area contributed by atoms with Crippen LogP contribution in [-0.2, 0) is 4.74 Å². The average Bonchev–Trinajstić information content (AvgIpc) is 3.19. The lowest BCUT2D eigenvalue weighted by Crippen LogP contribution is -2.72. The van der Waals surface area contributed by atoms with Crippen LogP contribution < -0.4 is 16.4 Å². The number of nitrogens with zero attached hydrogens (tertiary/aromatic N) is 1. The third-order valence-electron chi connectivity index (χ3n) is 10.0. The topological polar surface area (TPSA) is 12.2 Å². The molecule has 54 heavy (non-hydrogen) atoms. The lowest BCUT2D eigenvalue weighted by atomic mass is 9.14. The number of morpholine rings is 1. The number of hydrogen-bond acceptors (Lipinski definition) is 1. The summed E-state index contributed by atoms with van der Waals surface area (Å²) in [6.07, 6.45) is -4.90. The molecular formula is C36H23BF15NO. The maximum atomic E-state index is 16.2. The fourth-order valence-corrected chi connectivity index (χ4v) is 7.62. The molecule has 0 amide bonds. The minimum Gasteiger partial charge on any atom is -0.368 e. The molecule has 1 saturated carbocycles. The number of halogens is 15. The Morgan fingerprint density at radius 2 is 0.889 bits per heavy atom. The third kappa shape index (κ3) is 6.05. The van der Waals surface area contributed by atoms with Crippen LogP contribution in [0.5, 0.6) is 0 Å². The van der Waals surface area contributed by atoms with Crippen LogP contribution in [0.25, 0.3) is 5.57 Å². The number of rotatable bonds is 6. The van der Waals surface area contributed by atoms with Gasteiger partial charge in [-0.2, -0.15) is 0 Å². The van der Waals surface area contributed by atoms with Crippen molar-refractivity contribution < 1.29 is 75.2 Å². The van der Waals surface area contributed by atoms with Gasteiger partial charge in [-0.05, 0) is 18.4 Å². The molecule has 1 aliphatic heterocycles. The van der Waals surface area contributed by atoms with Crippen LogP contribution in [0.4, 0.5) is 65.9 Å². The first kappa shape index (κ1) is 39.0. The van der Waals surface area contributed by atoms with Crippen molar-refractivity contribution in [3.8, 4) is 0 Å². The van der Waals surface area contributed by atoms with E-state index in [1.807, 2.05) is 0 Å². The fourth-order valence-electron chi connectivity index (χ4n) is 7.62. The molecule has 0 unspecified atom stereocenters. The predicted octanol–water partition coefficient (Wildman–Crippen LogP) is 7.54. The van der Waals surface area contributed by atoms with E-state index in [2.05, 4.69) is 0 Å². The van der Waals surface area contributed by atoms with E-state index in [1.165, 1.54) is 30.3 Å². The molecular weight excluding hydrogens is 758 g/mol. The van der Waals surface area contributed by atoms with E-state index in [9.17, 15) is 13.2 Å². The average molecular weight is 781 g/mol. The van der Waals surface area contributed by atoms with E-state index in [0.717, 1.165) is 0 Å². The van der Waals surface area contributed by atoms with Gasteiger partial charge in [0.1, 0.15) is 54.3 Å². The highest BCUT2D eigenvalue weighted by atomic mass is 19.2. The van der Waals surface area contributed by atoms with Gasteiger partial charge in [0.05, 0.1) is 5.92 Å². The SMILES string of the molecule is Fc1c(F)c(F)c([B-](/C=C(\c2ccccc2)[C@H]2CCCCC2=[N+]2CCOCC2)(c2c(F)c(F)c(F)c(F)c2F)c2c(F)c(F)c(F)c(F)c2F)c(F)c1F. The Bertz CT molecular complexity index is 1980. The van der Waals surface area contributed by atoms with Crippen LogP contribution in [-0.4, -0.2) is 42.7 Å². The first-order valence-corrected chi connectivity index (χ1v) is 16.3. The summed E-state index contributed by atoms with van der Waals surface area (Å²) < 4.78 is 239. The zero-order chi connectivity index (χ0) is 39.4. The molecule has 18 heteroatoms. The van der Waals surface area contributed by atoms with Crippen LogP contribution in [0.15, 0.2) is 36.3 Å². The number of ether oxygens (including phenoxy) is 1. The van der Waals surface area contributed by atoms with Crippen molar-refractivity contribution >= 4 is 33.8 Å². The standard InChI is InChI=1S/C36H23BF15NO/c38-22-19(23(39)29(45)34(50)28(22)44)37(20-24(40)30(46)35(51)31(47)25(20)41,21-26(42)32(48)36(52)33(49)27(21)43)14-17(15-6-2-1-3-7-15)16-8-4-5-9-18(16)53-10-12-54-13-11-53/h1-3,6-7,14,16H,4-5,8-13H2/b17-14+/t16-/m1/s1. The highest BCUT2D eigenvalue weighted by Gasteiger charge is 2.48. The second-order valence-corrected chi connectivity index (χ2v) is 12.8. The summed E-state index contributed by atoms with van der Waals surface area (Å²) in [5, 5.41) is 0. The van der Waals surface area contributed by atoms with Crippen LogP contribution in [0.3, 0.4) is 0 Å². The smallest absolute Gasteiger partial charge is 0.200 e. The molecule has 6 rings (SSSR count). The van der Waals surface area contributed by atoms with Crippen molar-refractivity contribution in [2.24, 2.45) is 5.92 Å². The molecule has 2 aliphatic rings. The van der Waals surface area contributed by atoms with Crippen LogP contribution >= 0.6 is 0 Å². The Morgan fingerprint density at radius 3 is 1.28 bits per heavy atom. The molecule has 0 spiro atoms. The van der Waals surface area contributed by atoms with Crippen LogP contribution in [0.2, 0.25) is 0 Å². The quantitative estimate of drug-likeness (QED) is 0.0648. The lowest BCUT2D eigenvalue weighted by molar-refractivity contribution is -0.552. The van der Waals surface area contributed by atoms with E-state index in [0.29, 0.717) is 18.6 Å². The van der Waals surface area contributed by atoms with E-state index in [4.69, 9.17) is 4.74 Å². The second-order valence-electron chi connectivity index (χ2n) is 12.8. The summed E-state index contributed by atoms with van der Waals surface area (Å²) in [5.41, 5.74) is -8.19. The molecule has 4 aromatic carbocycles. The lowest BCUT2D eigenvalue weighted by Gasteiger charge is -2.43. The van der Waals surface area contributed by atoms with Gasteiger partial charge < -0.3 is 4.74 Å². The Kier molecular flexibility index (Phi) is 10.7. The summed E-state index contributed by atoms with van der Waals surface area (Å²) in [4.78, 5) is 0. The molecule has 286 valence electrons. The second kappa shape index (κ2) is 14.8. The fraction of sp³-hybridized carbons (Fsp3) is 0.250. The van der Waals surface area contributed by atoms with Crippen LogP contribution in [0.1, 0.15) is 31.2 Å². The Hall–Kier alpha value is -4.74. The van der Waals surface area contributed by atoms with Gasteiger partial charge in [0.2, 0.25) is 0 Å². The first-order valence-electron chi connectivity index (χ1n) is 16.3. The van der Waals surface area contributed by atoms with Crippen molar-refractivity contribution in [2.45, 2.75) is 25.7 Å². The highest BCUT2D eigenvalue weighted by Crippen LogP contribution is 2.38. The molecule has 1 saturated heterocycles. The van der Waals surface area contributed by atoms with Crippen molar-refractivity contribution in [1.29, 1.82) is 0 Å². The minimum absolute atomic E-state index is 0.00904. The Morgan fingerprint density at radius 1 is 0.519 bits per heavy atom. The van der Waals surface area contributed by atoms with Crippen molar-refractivity contribution in [2.75, 3.05) is 26.3 Å². The summed E-state index contributed by atoms with van der Waals surface area (Å²) in [6.45, 7) is 0.733. The molecule has 1 aliphatic carbocycles. The maximum absolute atomic E-state index is 16.2. The highest BCUT2D eigenvalue weighted by molar-refractivity contribution is 7.15. The first-order chi connectivity index (χ1) is 25.6. The number of hydrogen-bond donors (Lipinski definition) is 0. The van der Waals surface area contributed by atoms with Gasteiger partial charge in [-0.25, -0.2) is 76.4 Å². The van der Waals surface area contributed by atoms with E-state index in [-0.39, 0.29) is 50.7 Å². The maximum Gasteiger partial charge on any atom is 0.200 e. The molecule has 0 bridgehead atoms. The van der Waals surface area contributed by atoms with Gasteiger partial charge in [0, 0.05) is 6.42 Å². The molecule has 4 aromatic rings. The van der Waals surface area contributed by atoms with Gasteiger partial charge in [-0.3, -0.25) is 0 Å². The Labute approximate surface area is 296 Å². The van der Waals surface area contributed by atoms with Crippen LogP contribution in [0, 0.1) is 93.2 Å². The minimum atomic E-state index is -5.88. The Balaban J connectivity index is 1.98. The van der Waals surface area contributed by atoms with Gasteiger partial charge >= 0.3 is 0 Å². The van der Waals surface area contributed by atoms with E-state index in [1.54, 1.807) is 4.58 Å². The molecule has 2 fully saturated rings. The molecule has 2 nitrogen and oxygen atoms in total. The summed E-state index contributed by atoms with van der Waals surface area (Å²) in [5.74, 6) is -46.4. The number of allylic oxidation sites excluding steroid dienone is 1. The molecule has 0 N–H and O–H groups in total. The summed E-state index contributed by atoms with van der Waals surface area (Å²) >= 11 is 0. The van der Waals surface area contributed by atoms with E-state index >= 15 is 52.7 Å². The zero-order valence-corrected chi connectivity index (χ0v) is 27.3. The van der Waals surface area contributed by atoms with Gasteiger partial charge in [0.25, 0.3) is 0 Å². The summed E-state index contributed by atoms with van der Waals surface area (Å²) in [6, 6.07) is 6.46. The third-order valence-corrected chi connectivity index (χ3v) is 10.0. The van der Waals surface area contributed by atoms with E-state index < -0.39 is 121 Å². The van der Waals surface area contributed by atoms with Crippen molar-refractivity contribution in [3.63, 3.8) is 0 Å². The van der Waals surface area contributed by atoms with Gasteiger partial charge in [0.15, 0.2) is 71.2 Å². The van der Waals surface area contributed by atoms with Crippen molar-refractivity contribution in [1.82, 2.24) is 0 Å². The zero-order valence-electron chi connectivity index (χ0n) is 27.3. The largest absolute Gasteiger partial charge is 0.368 e. The number of benzene rings is 4. The van der Waals surface area contributed by atoms with Gasteiger partial charge in [-0.1, -0.05) is 42.3 Å². The normalized spacial score (nSPS) is 17.1. The molecule has 1 atom stereocenters. The summed E-state index contributed by atoms with van der Waals surface area (Å²) in [7, 11) is 0. The molecule has 0 aromatic heterocycles. The molecule has 0 radical (unpaired) electrons. The van der Waals surface area contributed by atoms with Crippen molar-refractivity contribution in [3.05, 3.63) is 129 Å². The monoisotopic (exact) mass is 781 g/mol. The predicted molar refractivity (Wildman–Crippen MR) is 166 cm³/mol. The van der Waals surface area contributed by atoms with Gasteiger partial charge in [-0.15, -0.1) is 16.4 Å².